The van der Waals surface area contributed by atoms with Crippen molar-refractivity contribution in [2.45, 2.75) is 9.92 Å². The minimum absolute atomic E-state index is 0.224. The molecule has 0 atom stereocenters. The highest BCUT2D eigenvalue weighted by Crippen LogP contribution is 2.33. The fourth-order valence-corrected chi connectivity index (χ4v) is 3.19. The number of rotatable bonds is 3. The van der Waals surface area contributed by atoms with Crippen LogP contribution in [-0.4, -0.2) is 30.7 Å². The SMILES string of the molecule is O=C(O)c1ccc(Br)cc1Sc1nccn2cnnc12. The van der Waals surface area contributed by atoms with Gasteiger partial charge in [0.05, 0.1) is 5.56 Å². The van der Waals surface area contributed by atoms with Crippen molar-refractivity contribution in [3.8, 4) is 0 Å². The molecule has 0 unspecified atom stereocenters. The number of aromatic nitrogens is 4. The highest BCUT2D eigenvalue weighted by molar-refractivity contribution is 9.10. The second kappa shape index (κ2) is 5.22. The van der Waals surface area contributed by atoms with Gasteiger partial charge in [0.15, 0.2) is 5.65 Å². The van der Waals surface area contributed by atoms with Crippen LogP contribution in [0.2, 0.25) is 0 Å². The van der Waals surface area contributed by atoms with Gasteiger partial charge in [-0.25, -0.2) is 9.78 Å². The van der Waals surface area contributed by atoms with Crippen LogP contribution >= 0.6 is 27.7 Å². The summed E-state index contributed by atoms with van der Waals surface area (Å²) >= 11 is 4.59. The number of hydrogen-bond acceptors (Lipinski definition) is 5. The van der Waals surface area contributed by atoms with Gasteiger partial charge in [-0.3, -0.25) is 4.40 Å². The largest absolute Gasteiger partial charge is 0.478 e. The molecule has 0 saturated carbocycles. The quantitative estimate of drug-likeness (QED) is 0.782. The number of carboxylic acid groups (broad SMARTS) is 1. The molecule has 1 aromatic carbocycles. The summed E-state index contributed by atoms with van der Waals surface area (Å²) < 4.78 is 2.53. The molecule has 0 saturated heterocycles. The minimum atomic E-state index is -0.978. The van der Waals surface area contributed by atoms with Gasteiger partial charge in [-0.05, 0) is 18.2 Å². The van der Waals surface area contributed by atoms with E-state index < -0.39 is 5.97 Å². The van der Waals surface area contributed by atoms with E-state index >= 15 is 0 Å². The number of benzene rings is 1. The van der Waals surface area contributed by atoms with E-state index in [0.717, 1.165) is 4.47 Å². The van der Waals surface area contributed by atoms with E-state index in [1.165, 1.54) is 11.8 Å². The minimum Gasteiger partial charge on any atom is -0.478 e. The molecule has 0 aliphatic rings. The Kier molecular flexibility index (Phi) is 3.41. The average Bonchev–Trinajstić information content (AvgIpc) is 2.88. The van der Waals surface area contributed by atoms with Gasteiger partial charge in [0.1, 0.15) is 11.4 Å². The lowest BCUT2D eigenvalue weighted by Crippen LogP contribution is -1.99. The van der Waals surface area contributed by atoms with Crippen molar-refractivity contribution in [3.05, 3.63) is 47.0 Å². The fraction of sp³-hybridized carbons (Fsp3) is 0. The lowest BCUT2D eigenvalue weighted by Gasteiger charge is -2.06. The summed E-state index contributed by atoms with van der Waals surface area (Å²) in [7, 11) is 0. The van der Waals surface area contributed by atoms with Crippen LogP contribution in [0, 0.1) is 0 Å². The molecule has 0 amide bonds. The van der Waals surface area contributed by atoms with Crippen LogP contribution in [0.25, 0.3) is 5.65 Å². The summed E-state index contributed by atoms with van der Waals surface area (Å²) in [4.78, 5) is 16.1. The monoisotopic (exact) mass is 350 g/mol. The maximum atomic E-state index is 11.3. The zero-order valence-corrected chi connectivity index (χ0v) is 12.3. The van der Waals surface area contributed by atoms with Gasteiger partial charge < -0.3 is 5.11 Å². The first-order valence-corrected chi connectivity index (χ1v) is 7.11. The van der Waals surface area contributed by atoms with Gasteiger partial charge in [0.2, 0.25) is 0 Å². The molecule has 0 aliphatic heterocycles. The topological polar surface area (TPSA) is 80.4 Å². The van der Waals surface area contributed by atoms with Gasteiger partial charge >= 0.3 is 5.97 Å². The first kappa shape index (κ1) is 13.1. The van der Waals surface area contributed by atoms with E-state index in [2.05, 4.69) is 31.1 Å². The molecule has 0 aliphatic carbocycles. The number of nitrogens with zero attached hydrogens (tertiary/aromatic N) is 4. The molecule has 0 fully saturated rings. The Labute approximate surface area is 126 Å². The van der Waals surface area contributed by atoms with Crippen molar-refractivity contribution in [1.82, 2.24) is 19.6 Å². The Morgan fingerprint density at radius 1 is 1.40 bits per heavy atom. The van der Waals surface area contributed by atoms with Crippen molar-refractivity contribution in [2.24, 2.45) is 0 Å². The smallest absolute Gasteiger partial charge is 0.336 e. The predicted molar refractivity (Wildman–Crippen MR) is 76.0 cm³/mol. The number of halogens is 1. The number of carboxylic acids is 1. The van der Waals surface area contributed by atoms with E-state index in [0.29, 0.717) is 15.6 Å². The Balaban J connectivity index is 2.09. The molecular weight excluding hydrogens is 344 g/mol. The molecule has 8 heteroatoms. The summed E-state index contributed by atoms with van der Waals surface area (Å²) in [6.07, 6.45) is 4.93. The summed E-state index contributed by atoms with van der Waals surface area (Å²) in [5.74, 6) is -0.978. The van der Waals surface area contributed by atoms with Crippen LogP contribution in [-0.2, 0) is 0 Å². The molecule has 2 aromatic heterocycles. The lowest BCUT2D eigenvalue weighted by molar-refractivity contribution is 0.0693. The molecule has 1 N–H and O–H groups in total. The first-order chi connectivity index (χ1) is 9.65. The van der Waals surface area contributed by atoms with Crippen LogP contribution in [0.4, 0.5) is 0 Å². The highest BCUT2D eigenvalue weighted by atomic mass is 79.9. The summed E-state index contributed by atoms with van der Waals surface area (Å²) in [6, 6.07) is 4.99. The Hall–Kier alpha value is -1.93. The van der Waals surface area contributed by atoms with Gasteiger partial charge in [-0.15, -0.1) is 10.2 Å². The van der Waals surface area contributed by atoms with Crippen LogP contribution in [0.1, 0.15) is 10.4 Å². The van der Waals surface area contributed by atoms with Crippen LogP contribution < -0.4 is 0 Å². The lowest BCUT2D eigenvalue weighted by atomic mass is 10.2. The molecule has 0 spiro atoms. The van der Waals surface area contributed by atoms with E-state index in [1.54, 1.807) is 41.3 Å². The molecular formula is C12H7BrN4O2S. The maximum absolute atomic E-state index is 11.3. The third kappa shape index (κ3) is 2.39. The predicted octanol–water partition coefficient (Wildman–Crippen LogP) is 2.74. The van der Waals surface area contributed by atoms with Gasteiger partial charge in [-0.2, -0.15) is 0 Å². The van der Waals surface area contributed by atoms with E-state index in [1.807, 2.05) is 0 Å². The van der Waals surface area contributed by atoms with Crippen LogP contribution in [0.5, 0.6) is 0 Å². The van der Waals surface area contributed by atoms with E-state index in [-0.39, 0.29) is 5.56 Å². The highest BCUT2D eigenvalue weighted by Gasteiger charge is 2.14. The molecule has 3 aromatic rings. The second-order valence-electron chi connectivity index (χ2n) is 3.84. The molecule has 0 bridgehead atoms. The Morgan fingerprint density at radius 2 is 2.25 bits per heavy atom. The Bertz CT molecular complexity index is 805. The summed E-state index contributed by atoms with van der Waals surface area (Å²) in [5.41, 5.74) is 0.815. The van der Waals surface area contributed by atoms with Gasteiger partial charge in [-0.1, -0.05) is 27.7 Å². The number of fused-ring (bicyclic) bond motifs is 1. The fourth-order valence-electron chi connectivity index (χ4n) is 1.67. The summed E-state index contributed by atoms with van der Waals surface area (Å²) in [5, 5.41) is 17.6. The zero-order chi connectivity index (χ0) is 14.1. The Morgan fingerprint density at radius 3 is 3.05 bits per heavy atom. The third-order valence-corrected chi connectivity index (χ3v) is 4.10. The first-order valence-electron chi connectivity index (χ1n) is 5.50. The van der Waals surface area contributed by atoms with E-state index in [4.69, 9.17) is 0 Å². The molecule has 0 radical (unpaired) electrons. The molecule has 2 heterocycles. The van der Waals surface area contributed by atoms with Crippen LogP contribution in [0.3, 0.4) is 0 Å². The van der Waals surface area contributed by atoms with Gasteiger partial charge in [0.25, 0.3) is 0 Å². The average molecular weight is 351 g/mol. The normalized spacial score (nSPS) is 10.8. The second-order valence-corrected chi connectivity index (χ2v) is 5.79. The van der Waals surface area contributed by atoms with Crippen molar-refractivity contribution >= 4 is 39.3 Å². The van der Waals surface area contributed by atoms with Gasteiger partial charge in [0, 0.05) is 21.8 Å². The standard InChI is InChI=1S/C12H7BrN4O2S/c13-7-1-2-8(12(18)19)9(5-7)20-11-10-16-15-6-17(10)4-3-14-11/h1-6H,(H,18,19). The molecule has 6 nitrogen and oxygen atoms in total. The summed E-state index contributed by atoms with van der Waals surface area (Å²) in [6.45, 7) is 0. The van der Waals surface area contributed by atoms with E-state index in [9.17, 15) is 9.90 Å². The number of hydrogen-bond donors (Lipinski definition) is 1. The van der Waals surface area contributed by atoms with Crippen molar-refractivity contribution in [1.29, 1.82) is 0 Å². The third-order valence-electron chi connectivity index (χ3n) is 2.56. The maximum Gasteiger partial charge on any atom is 0.336 e. The van der Waals surface area contributed by atoms with Crippen LogP contribution in [0.15, 0.2) is 51.3 Å². The number of carbonyl (C=O) groups is 1. The zero-order valence-electron chi connectivity index (χ0n) is 9.89. The number of aromatic carboxylic acids is 1. The van der Waals surface area contributed by atoms with Crippen molar-refractivity contribution in [2.75, 3.05) is 0 Å². The molecule has 3 rings (SSSR count). The van der Waals surface area contributed by atoms with Crippen molar-refractivity contribution < 1.29 is 9.90 Å². The molecule has 20 heavy (non-hydrogen) atoms. The van der Waals surface area contributed by atoms with Crippen molar-refractivity contribution in [3.63, 3.8) is 0 Å². The molecule has 100 valence electrons.